The predicted molar refractivity (Wildman–Crippen MR) is 72.0 cm³/mol. The third-order valence-corrected chi connectivity index (χ3v) is 4.11. The van der Waals surface area contributed by atoms with Crippen LogP contribution < -0.4 is 0 Å². The van der Waals surface area contributed by atoms with Crippen LogP contribution in [0.1, 0.15) is 0 Å². The first-order valence-electron chi connectivity index (χ1n) is 5.62. The summed E-state index contributed by atoms with van der Waals surface area (Å²) < 4.78 is 2.21. The number of rotatable bonds is 2. The first kappa shape index (κ1) is 11.5. The number of pyridine rings is 2. The fourth-order valence-corrected chi connectivity index (χ4v) is 2.94. The second kappa shape index (κ2) is 4.94. The van der Waals surface area contributed by atoms with Gasteiger partial charge >= 0.3 is 119 Å². The summed E-state index contributed by atoms with van der Waals surface area (Å²) in [5.74, 6) is 0. The monoisotopic (exact) mass is 340 g/mol. The zero-order valence-corrected chi connectivity index (χ0v) is 12.5. The third-order valence-electron chi connectivity index (χ3n) is 2.74. The van der Waals surface area contributed by atoms with Gasteiger partial charge in [-0.25, -0.2) is 0 Å². The number of nitrogens with zero attached hydrogens (tertiary/aromatic N) is 3. The molecule has 4 heteroatoms. The molecule has 0 atom stereocenters. The molecule has 0 bridgehead atoms. The summed E-state index contributed by atoms with van der Waals surface area (Å²) in [5.41, 5.74) is 4.26. The first-order valence-corrected chi connectivity index (χ1v) is 6.90. The Morgan fingerprint density at radius 1 is 0.722 bits per heavy atom. The minimum atomic E-state index is 0.997. The van der Waals surface area contributed by atoms with Gasteiger partial charge in [0.2, 0.25) is 0 Å². The maximum atomic E-state index is 4.39. The van der Waals surface area contributed by atoms with E-state index in [1.807, 2.05) is 48.8 Å². The molecule has 3 radical (unpaired) electrons. The van der Waals surface area contributed by atoms with E-state index in [0.717, 1.165) is 22.8 Å². The van der Waals surface area contributed by atoms with E-state index >= 15 is 0 Å². The van der Waals surface area contributed by atoms with Crippen LogP contribution in [-0.4, -0.2) is 35.6 Å². The summed E-state index contributed by atoms with van der Waals surface area (Å²) >= 11 is 1.30. The molecule has 85 valence electrons. The molecule has 3 aromatic heterocycles. The zero-order valence-electron chi connectivity index (χ0n) is 9.62. The van der Waals surface area contributed by atoms with Crippen molar-refractivity contribution in [3.8, 4) is 22.8 Å². The number of hydrogen-bond donors (Lipinski definition) is 0. The molecule has 0 aliphatic heterocycles. The van der Waals surface area contributed by atoms with Gasteiger partial charge in [-0.1, -0.05) is 0 Å². The Morgan fingerprint density at radius 3 is 1.61 bits per heavy atom. The van der Waals surface area contributed by atoms with Gasteiger partial charge in [0.25, 0.3) is 0 Å². The number of hydrogen-bond acceptors (Lipinski definition) is 2. The van der Waals surface area contributed by atoms with Gasteiger partial charge in [-0.15, -0.1) is 0 Å². The molecule has 0 aliphatic rings. The van der Waals surface area contributed by atoms with Gasteiger partial charge in [0.05, 0.1) is 0 Å². The van der Waals surface area contributed by atoms with Gasteiger partial charge in [0.1, 0.15) is 0 Å². The first-order chi connectivity index (χ1) is 8.86. The second-order valence-electron chi connectivity index (χ2n) is 3.87. The predicted octanol–water partition coefficient (Wildman–Crippen LogP) is 2.54. The van der Waals surface area contributed by atoms with Crippen molar-refractivity contribution in [1.29, 1.82) is 0 Å². The Balaban J connectivity index is 2.09. The topological polar surface area (TPSA) is 30.7 Å². The summed E-state index contributed by atoms with van der Waals surface area (Å²) in [5, 5.41) is 0. The fraction of sp³-hybridized carbons (Fsp3) is 0. The van der Waals surface area contributed by atoms with E-state index in [2.05, 4.69) is 24.9 Å². The molecule has 0 amide bonds. The summed E-state index contributed by atoms with van der Waals surface area (Å²) in [6.45, 7) is 0. The van der Waals surface area contributed by atoms with Gasteiger partial charge in [0, 0.05) is 0 Å². The number of aromatic nitrogens is 3. The van der Waals surface area contributed by atoms with Crippen molar-refractivity contribution in [1.82, 2.24) is 12.8 Å². The van der Waals surface area contributed by atoms with Crippen molar-refractivity contribution in [2.45, 2.75) is 0 Å². The molecule has 3 rings (SSSR count). The Bertz CT molecular complexity index is 590. The molecule has 0 aromatic carbocycles. The maximum absolute atomic E-state index is 4.39. The molecule has 0 aliphatic carbocycles. The van der Waals surface area contributed by atoms with Crippen LogP contribution in [0.15, 0.2) is 60.9 Å². The molecule has 0 fully saturated rings. The van der Waals surface area contributed by atoms with Crippen LogP contribution in [0.4, 0.5) is 0 Å². The van der Waals surface area contributed by atoms with E-state index in [1.54, 1.807) is 0 Å². The van der Waals surface area contributed by atoms with Gasteiger partial charge in [-0.05, 0) is 0 Å². The molecule has 0 N–H and O–H groups in total. The SMILES string of the molecule is [Sn][n]1c(-c2ccccn2)ccc1-c1ccccn1. The molecule has 0 unspecified atom stereocenters. The normalized spacial score (nSPS) is 10.5. The molecule has 0 saturated carbocycles. The Kier molecular flexibility index (Phi) is 3.15. The average Bonchev–Trinajstić information content (AvgIpc) is 2.83. The Morgan fingerprint density at radius 2 is 1.22 bits per heavy atom. The molecule has 3 heterocycles. The van der Waals surface area contributed by atoms with Gasteiger partial charge in [0.15, 0.2) is 0 Å². The van der Waals surface area contributed by atoms with Crippen LogP contribution in [0.3, 0.4) is 0 Å². The average molecular weight is 339 g/mol. The third kappa shape index (κ3) is 2.06. The summed E-state index contributed by atoms with van der Waals surface area (Å²) in [4.78, 5) is 8.78. The van der Waals surface area contributed by atoms with Crippen molar-refractivity contribution < 1.29 is 0 Å². The van der Waals surface area contributed by atoms with Gasteiger partial charge in [-0.2, -0.15) is 0 Å². The molecule has 0 spiro atoms. The zero-order chi connectivity index (χ0) is 12.4. The molecule has 0 saturated heterocycles. The van der Waals surface area contributed by atoms with E-state index in [1.165, 1.54) is 22.8 Å². The summed E-state index contributed by atoms with van der Waals surface area (Å²) in [7, 11) is 0. The van der Waals surface area contributed by atoms with Crippen LogP contribution in [-0.2, 0) is 0 Å². The Labute approximate surface area is 119 Å². The second-order valence-corrected chi connectivity index (χ2v) is 5.15. The van der Waals surface area contributed by atoms with Crippen molar-refractivity contribution in [2.75, 3.05) is 0 Å². The van der Waals surface area contributed by atoms with E-state index < -0.39 is 0 Å². The van der Waals surface area contributed by atoms with Crippen LogP contribution in [0.25, 0.3) is 22.8 Å². The van der Waals surface area contributed by atoms with Gasteiger partial charge in [-0.3, -0.25) is 0 Å². The molecule has 18 heavy (non-hydrogen) atoms. The summed E-state index contributed by atoms with van der Waals surface area (Å²) in [6, 6.07) is 16.1. The van der Waals surface area contributed by atoms with E-state index in [4.69, 9.17) is 0 Å². The van der Waals surface area contributed by atoms with Crippen molar-refractivity contribution in [3.63, 3.8) is 0 Å². The van der Waals surface area contributed by atoms with Gasteiger partial charge < -0.3 is 0 Å². The van der Waals surface area contributed by atoms with Crippen LogP contribution in [0, 0.1) is 0 Å². The van der Waals surface area contributed by atoms with E-state index in [9.17, 15) is 0 Å². The minimum absolute atomic E-state index is 0.997. The quantitative estimate of drug-likeness (QED) is 0.672. The molecular formula is C14H10N3Sn. The van der Waals surface area contributed by atoms with E-state index in [0.29, 0.717) is 0 Å². The fourth-order valence-electron chi connectivity index (χ4n) is 1.87. The van der Waals surface area contributed by atoms with Crippen LogP contribution >= 0.6 is 0 Å². The van der Waals surface area contributed by atoms with Crippen molar-refractivity contribution >= 4 is 22.8 Å². The molecule has 3 aromatic rings. The standard InChI is InChI=1S/C14H10N3.Sn/c1-3-9-15-11(5-1)13-7-8-14(17-13)12-6-2-4-10-16-12;/h1-10H;/q-1;+1. The van der Waals surface area contributed by atoms with Crippen molar-refractivity contribution in [3.05, 3.63) is 60.9 Å². The Hall–Kier alpha value is -1.62. The molecular weight excluding hydrogens is 329 g/mol. The van der Waals surface area contributed by atoms with Crippen LogP contribution in [0.5, 0.6) is 0 Å². The molecule has 3 nitrogen and oxygen atoms in total. The van der Waals surface area contributed by atoms with Crippen molar-refractivity contribution in [2.24, 2.45) is 0 Å². The van der Waals surface area contributed by atoms with E-state index in [-0.39, 0.29) is 0 Å². The van der Waals surface area contributed by atoms with Crippen LogP contribution in [0.2, 0.25) is 0 Å². The summed E-state index contributed by atoms with van der Waals surface area (Å²) in [6.07, 6.45) is 3.64.